The van der Waals surface area contributed by atoms with Crippen LogP contribution in [-0.4, -0.2) is 17.4 Å². The van der Waals surface area contributed by atoms with Gasteiger partial charge in [0.25, 0.3) is 5.91 Å². The number of thiocarbonyl (C=S) groups is 1. The molecule has 1 amide bonds. The highest BCUT2D eigenvalue weighted by atomic mass is 32.1. The Morgan fingerprint density at radius 2 is 2.00 bits per heavy atom. The van der Waals surface area contributed by atoms with Gasteiger partial charge < -0.3 is 11.1 Å². The lowest BCUT2D eigenvalue weighted by Gasteiger charge is -2.23. The largest absolute Gasteiger partial charge is 0.393 e. The van der Waals surface area contributed by atoms with Gasteiger partial charge in [0.1, 0.15) is 0 Å². The average Bonchev–Trinajstić information content (AvgIpc) is 2.29. The summed E-state index contributed by atoms with van der Waals surface area (Å²) in [5.74, 6) is -0.0828. The van der Waals surface area contributed by atoms with Crippen molar-refractivity contribution in [3.63, 3.8) is 0 Å². The Bertz CT molecular complexity index is 481. The van der Waals surface area contributed by atoms with Gasteiger partial charge in [0.15, 0.2) is 0 Å². The van der Waals surface area contributed by atoms with E-state index in [0.717, 1.165) is 11.1 Å². The highest BCUT2D eigenvalue weighted by Crippen LogP contribution is 2.15. The molecule has 0 saturated carbocycles. The van der Waals surface area contributed by atoms with Gasteiger partial charge in [-0.3, -0.25) is 4.79 Å². The van der Waals surface area contributed by atoms with E-state index in [1.165, 1.54) is 0 Å². The van der Waals surface area contributed by atoms with Crippen molar-refractivity contribution in [2.24, 2.45) is 11.1 Å². The summed E-state index contributed by atoms with van der Waals surface area (Å²) in [5.41, 5.74) is 8.07. The first-order valence-electron chi connectivity index (χ1n) is 5.90. The number of hydrogen-bond acceptors (Lipinski definition) is 2. The molecule has 0 aromatic heterocycles. The third-order valence-electron chi connectivity index (χ3n) is 3.21. The van der Waals surface area contributed by atoms with E-state index < -0.39 is 0 Å². The van der Waals surface area contributed by atoms with Crippen molar-refractivity contribution in [2.45, 2.75) is 27.7 Å². The molecule has 1 aromatic carbocycles. The van der Waals surface area contributed by atoms with Gasteiger partial charge in [-0.2, -0.15) is 0 Å². The number of carbonyl (C=O) groups excluding carboxylic acids is 1. The number of nitrogens with two attached hydrogens (primary N) is 1. The molecule has 0 aliphatic heterocycles. The molecule has 0 spiro atoms. The Labute approximate surface area is 114 Å². The molecule has 1 aromatic rings. The molecule has 98 valence electrons. The fourth-order valence-electron chi connectivity index (χ4n) is 1.48. The standard InChI is InChI=1S/C14H20N2OS/c1-9-6-5-7-11(10(9)2)12(17)16-8-14(3,4)13(15)18/h5-7H,8H2,1-4H3,(H2,15,18)(H,16,17). The van der Waals surface area contributed by atoms with E-state index >= 15 is 0 Å². The van der Waals surface area contributed by atoms with Crippen molar-refractivity contribution in [3.8, 4) is 0 Å². The maximum atomic E-state index is 12.1. The highest BCUT2D eigenvalue weighted by Gasteiger charge is 2.22. The monoisotopic (exact) mass is 264 g/mol. The molecule has 0 saturated heterocycles. The Hall–Kier alpha value is -1.42. The maximum absolute atomic E-state index is 12.1. The van der Waals surface area contributed by atoms with E-state index in [9.17, 15) is 4.79 Å². The molecule has 0 fully saturated rings. The van der Waals surface area contributed by atoms with Crippen LogP contribution in [0.15, 0.2) is 18.2 Å². The van der Waals surface area contributed by atoms with Crippen molar-refractivity contribution in [2.75, 3.05) is 6.54 Å². The minimum Gasteiger partial charge on any atom is -0.393 e. The van der Waals surface area contributed by atoms with Gasteiger partial charge in [-0.25, -0.2) is 0 Å². The van der Waals surface area contributed by atoms with Gasteiger partial charge >= 0.3 is 0 Å². The fraction of sp³-hybridized carbons (Fsp3) is 0.429. The molecule has 0 unspecified atom stereocenters. The summed E-state index contributed by atoms with van der Waals surface area (Å²) in [6.07, 6.45) is 0. The Balaban J connectivity index is 2.78. The minimum atomic E-state index is -0.372. The smallest absolute Gasteiger partial charge is 0.251 e. The molecule has 0 aliphatic rings. The summed E-state index contributed by atoms with van der Waals surface area (Å²) >= 11 is 4.97. The zero-order chi connectivity index (χ0) is 13.9. The van der Waals surface area contributed by atoms with Crippen LogP contribution >= 0.6 is 12.2 Å². The van der Waals surface area contributed by atoms with Crippen LogP contribution in [0.3, 0.4) is 0 Å². The van der Waals surface area contributed by atoms with Crippen LogP contribution in [0, 0.1) is 19.3 Å². The lowest BCUT2D eigenvalue weighted by Crippen LogP contribution is -2.41. The van der Waals surface area contributed by atoms with Crippen LogP contribution in [0.1, 0.15) is 35.3 Å². The molecule has 1 rings (SSSR count). The summed E-state index contributed by atoms with van der Waals surface area (Å²) in [4.78, 5) is 12.5. The summed E-state index contributed by atoms with van der Waals surface area (Å²) in [6.45, 7) is 8.21. The minimum absolute atomic E-state index is 0.0828. The van der Waals surface area contributed by atoms with Crippen LogP contribution in [0.2, 0.25) is 0 Å². The van der Waals surface area contributed by atoms with Crippen molar-refractivity contribution in [1.29, 1.82) is 0 Å². The predicted molar refractivity (Wildman–Crippen MR) is 78.8 cm³/mol. The van der Waals surface area contributed by atoms with Crippen molar-refractivity contribution in [3.05, 3.63) is 34.9 Å². The second kappa shape index (κ2) is 5.48. The second-order valence-electron chi connectivity index (χ2n) is 5.18. The normalized spacial score (nSPS) is 11.1. The Morgan fingerprint density at radius 3 is 2.56 bits per heavy atom. The molecule has 4 heteroatoms. The molecule has 3 N–H and O–H groups in total. The van der Waals surface area contributed by atoms with Gasteiger partial charge in [0.05, 0.1) is 4.99 Å². The van der Waals surface area contributed by atoms with Crippen molar-refractivity contribution < 1.29 is 4.79 Å². The first kappa shape index (κ1) is 14.6. The number of hydrogen-bond donors (Lipinski definition) is 2. The number of nitrogens with one attached hydrogen (secondary N) is 1. The zero-order valence-electron chi connectivity index (χ0n) is 11.3. The van der Waals surface area contributed by atoms with Gasteiger partial charge in [-0.05, 0) is 31.0 Å². The number of carbonyl (C=O) groups is 1. The van der Waals surface area contributed by atoms with E-state index in [0.29, 0.717) is 17.1 Å². The van der Waals surface area contributed by atoms with Crippen LogP contribution in [0.4, 0.5) is 0 Å². The quantitative estimate of drug-likeness (QED) is 0.821. The Kier molecular flexibility index (Phi) is 4.46. The Morgan fingerprint density at radius 1 is 1.39 bits per heavy atom. The summed E-state index contributed by atoms with van der Waals surface area (Å²) in [7, 11) is 0. The number of aryl methyl sites for hydroxylation is 1. The summed E-state index contributed by atoms with van der Waals surface area (Å²) in [5, 5.41) is 2.88. The molecule has 0 atom stereocenters. The molecule has 0 heterocycles. The van der Waals surface area contributed by atoms with Crippen LogP contribution in [0.5, 0.6) is 0 Å². The molecule has 3 nitrogen and oxygen atoms in total. The number of amides is 1. The number of rotatable bonds is 4. The van der Waals surface area contributed by atoms with Crippen LogP contribution in [-0.2, 0) is 0 Å². The van der Waals surface area contributed by atoms with E-state index in [1.54, 1.807) is 0 Å². The van der Waals surface area contributed by atoms with Gasteiger partial charge in [0.2, 0.25) is 0 Å². The van der Waals surface area contributed by atoms with E-state index in [-0.39, 0.29) is 11.3 Å². The summed E-state index contributed by atoms with van der Waals surface area (Å²) in [6, 6.07) is 5.70. The molecule has 0 radical (unpaired) electrons. The second-order valence-corrected chi connectivity index (χ2v) is 5.62. The van der Waals surface area contributed by atoms with E-state index in [4.69, 9.17) is 18.0 Å². The molecular weight excluding hydrogens is 244 g/mol. The zero-order valence-corrected chi connectivity index (χ0v) is 12.1. The van der Waals surface area contributed by atoms with E-state index in [2.05, 4.69) is 5.32 Å². The molecule has 0 aliphatic carbocycles. The SMILES string of the molecule is Cc1cccc(C(=O)NCC(C)(C)C(N)=S)c1C. The third kappa shape index (κ3) is 3.29. The average molecular weight is 264 g/mol. The third-order valence-corrected chi connectivity index (χ3v) is 3.76. The summed E-state index contributed by atoms with van der Waals surface area (Å²) < 4.78 is 0. The van der Waals surface area contributed by atoms with Gasteiger partial charge in [-0.15, -0.1) is 0 Å². The lowest BCUT2D eigenvalue weighted by molar-refractivity contribution is 0.0944. The number of benzene rings is 1. The van der Waals surface area contributed by atoms with Gasteiger partial charge in [0, 0.05) is 17.5 Å². The van der Waals surface area contributed by atoms with Crippen molar-refractivity contribution >= 4 is 23.1 Å². The fourth-order valence-corrected chi connectivity index (χ4v) is 1.55. The predicted octanol–water partition coefficient (Wildman–Crippen LogP) is 2.35. The van der Waals surface area contributed by atoms with Crippen LogP contribution < -0.4 is 11.1 Å². The van der Waals surface area contributed by atoms with Gasteiger partial charge in [-0.1, -0.05) is 38.2 Å². The molecular formula is C14H20N2OS. The topological polar surface area (TPSA) is 55.1 Å². The maximum Gasteiger partial charge on any atom is 0.251 e. The molecule has 18 heavy (non-hydrogen) atoms. The first-order valence-corrected chi connectivity index (χ1v) is 6.31. The lowest BCUT2D eigenvalue weighted by atomic mass is 9.93. The van der Waals surface area contributed by atoms with Crippen molar-refractivity contribution in [1.82, 2.24) is 5.32 Å². The molecule has 0 bridgehead atoms. The first-order chi connectivity index (χ1) is 8.25. The van der Waals surface area contributed by atoms with Crippen LogP contribution in [0.25, 0.3) is 0 Å². The van der Waals surface area contributed by atoms with E-state index in [1.807, 2.05) is 45.9 Å². The highest BCUT2D eigenvalue weighted by molar-refractivity contribution is 7.80.